The molecule has 1 amide bonds. The highest BCUT2D eigenvalue weighted by atomic mass is 32.2. The molecule has 1 saturated heterocycles. The van der Waals surface area contributed by atoms with E-state index in [1.165, 1.54) is 0 Å². The second kappa shape index (κ2) is 8.86. The molecule has 0 aromatic heterocycles. The maximum absolute atomic E-state index is 12.8. The molecule has 2 aromatic rings. The molecule has 1 fully saturated rings. The molecular weight excluding hydrogens is 390 g/mol. The van der Waals surface area contributed by atoms with Gasteiger partial charge in [-0.05, 0) is 49.6 Å². The summed E-state index contributed by atoms with van der Waals surface area (Å²) in [5.41, 5.74) is 1.96. The van der Waals surface area contributed by atoms with E-state index in [4.69, 9.17) is 9.47 Å². The van der Waals surface area contributed by atoms with Crippen molar-refractivity contribution < 1.29 is 22.7 Å². The van der Waals surface area contributed by atoms with Crippen LogP contribution in [-0.4, -0.2) is 45.7 Å². The number of carbonyl (C=O) groups is 1. The number of rotatable bonds is 7. The average Bonchev–Trinajstić information content (AvgIpc) is 3.22. The molecule has 0 saturated carbocycles. The van der Waals surface area contributed by atoms with Gasteiger partial charge in [-0.1, -0.05) is 23.8 Å². The Bertz CT molecular complexity index is 969. The third kappa shape index (κ3) is 4.72. The van der Waals surface area contributed by atoms with Crippen LogP contribution in [0, 0.1) is 6.92 Å². The van der Waals surface area contributed by atoms with Crippen molar-refractivity contribution >= 4 is 15.7 Å². The molecule has 1 aliphatic rings. The fourth-order valence-electron chi connectivity index (χ4n) is 3.70. The van der Waals surface area contributed by atoms with Gasteiger partial charge >= 0.3 is 0 Å². The molecular formula is C22H27NO5S. The normalized spacial score (nSPS) is 16.7. The van der Waals surface area contributed by atoms with Crippen LogP contribution in [0.15, 0.2) is 47.4 Å². The molecule has 0 aliphatic carbocycles. The molecule has 0 bridgehead atoms. The van der Waals surface area contributed by atoms with Crippen LogP contribution in [0.3, 0.4) is 0 Å². The molecule has 0 spiro atoms. The Morgan fingerprint density at radius 3 is 2.41 bits per heavy atom. The van der Waals surface area contributed by atoms with Crippen molar-refractivity contribution in [1.82, 2.24) is 4.90 Å². The first kappa shape index (κ1) is 21.2. The van der Waals surface area contributed by atoms with Crippen molar-refractivity contribution in [2.24, 2.45) is 0 Å². The largest absolute Gasteiger partial charge is 0.493 e. The number of carbonyl (C=O) groups excluding carboxylic acids is 1. The quantitative estimate of drug-likeness (QED) is 0.689. The van der Waals surface area contributed by atoms with Gasteiger partial charge in [0.15, 0.2) is 21.3 Å². The molecule has 2 aromatic carbocycles. The molecule has 29 heavy (non-hydrogen) atoms. The van der Waals surface area contributed by atoms with Gasteiger partial charge in [0.1, 0.15) is 0 Å². The van der Waals surface area contributed by atoms with Crippen molar-refractivity contribution in [2.45, 2.75) is 37.1 Å². The summed E-state index contributed by atoms with van der Waals surface area (Å²) in [6.45, 7) is 2.53. The van der Waals surface area contributed by atoms with Crippen LogP contribution in [0.2, 0.25) is 0 Å². The summed E-state index contributed by atoms with van der Waals surface area (Å²) in [5.74, 6) is 0.921. The van der Waals surface area contributed by atoms with E-state index in [9.17, 15) is 13.2 Å². The lowest BCUT2D eigenvalue weighted by molar-refractivity contribution is -0.131. The van der Waals surface area contributed by atoms with Crippen LogP contribution in [0.1, 0.15) is 36.4 Å². The average molecular weight is 418 g/mol. The molecule has 1 aliphatic heterocycles. The molecule has 1 heterocycles. The van der Waals surface area contributed by atoms with E-state index >= 15 is 0 Å². The van der Waals surface area contributed by atoms with Gasteiger partial charge in [-0.2, -0.15) is 0 Å². The number of nitrogens with zero attached hydrogens (tertiary/aromatic N) is 1. The maximum atomic E-state index is 12.8. The summed E-state index contributed by atoms with van der Waals surface area (Å²) in [4.78, 5) is 14.9. The zero-order chi connectivity index (χ0) is 21.0. The molecule has 3 rings (SSSR count). The van der Waals surface area contributed by atoms with Gasteiger partial charge in [0.05, 0.1) is 30.9 Å². The molecule has 1 atom stereocenters. The maximum Gasteiger partial charge on any atom is 0.224 e. The topological polar surface area (TPSA) is 72.9 Å². The van der Waals surface area contributed by atoms with Gasteiger partial charge in [0.2, 0.25) is 5.91 Å². The Labute approximate surface area is 172 Å². The standard InChI is InChI=1S/C22H27NO5S/c1-16-6-9-18(10-7-16)29(25,26)14-12-22(24)23-13-4-5-19(23)17-8-11-20(27-2)21(15-17)28-3/h6-11,15,19H,4-5,12-14H2,1-3H3/t19-/m0/s1. The second-order valence-electron chi connectivity index (χ2n) is 7.24. The van der Waals surface area contributed by atoms with E-state index < -0.39 is 9.84 Å². The predicted molar refractivity (Wildman–Crippen MR) is 111 cm³/mol. The minimum atomic E-state index is -3.49. The molecule has 0 radical (unpaired) electrons. The fourth-order valence-corrected chi connectivity index (χ4v) is 4.93. The van der Waals surface area contributed by atoms with Crippen LogP contribution >= 0.6 is 0 Å². The van der Waals surface area contributed by atoms with Gasteiger partial charge in [0, 0.05) is 13.0 Å². The van der Waals surface area contributed by atoms with E-state index in [1.54, 1.807) is 43.4 Å². The Morgan fingerprint density at radius 1 is 1.07 bits per heavy atom. The van der Waals surface area contributed by atoms with Gasteiger partial charge in [-0.3, -0.25) is 4.79 Å². The molecule has 0 unspecified atom stereocenters. The first-order chi connectivity index (χ1) is 13.9. The highest BCUT2D eigenvalue weighted by molar-refractivity contribution is 7.91. The third-order valence-electron chi connectivity index (χ3n) is 5.33. The van der Waals surface area contributed by atoms with Crippen molar-refractivity contribution in [3.63, 3.8) is 0 Å². The smallest absolute Gasteiger partial charge is 0.224 e. The second-order valence-corrected chi connectivity index (χ2v) is 9.35. The van der Waals surface area contributed by atoms with Gasteiger partial charge in [-0.15, -0.1) is 0 Å². The van der Waals surface area contributed by atoms with Crippen LogP contribution in [-0.2, 0) is 14.6 Å². The zero-order valence-corrected chi connectivity index (χ0v) is 17.9. The van der Waals surface area contributed by atoms with Crippen molar-refractivity contribution in [1.29, 1.82) is 0 Å². The van der Waals surface area contributed by atoms with E-state index in [-0.39, 0.29) is 29.0 Å². The number of methoxy groups -OCH3 is 2. The monoisotopic (exact) mass is 417 g/mol. The Balaban J connectivity index is 1.71. The number of benzene rings is 2. The molecule has 156 valence electrons. The van der Waals surface area contributed by atoms with Crippen LogP contribution < -0.4 is 9.47 Å². The SMILES string of the molecule is COc1ccc([C@@H]2CCCN2C(=O)CCS(=O)(=O)c2ccc(C)cc2)cc1OC. The number of ether oxygens (including phenoxy) is 2. The van der Waals surface area contributed by atoms with E-state index in [0.717, 1.165) is 24.0 Å². The summed E-state index contributed by atoms with van der Waals surface area (Å²) in [6, 6.07) is 12.3. The van der Waals surface area contributed by atoms with Crippen LogP contribution in [0.5, 0.6) is 11.5 Å². The molecule has 6 nitrogen and oxygen atoms in total. The lowest BCUT2D eigenvalue weighted by Crippen LogP contribution is -2.31. The number of amides is 1. The van der Waals surface area contributed by atoms with E-state index in [2.05, 4.69) is 0 Å². The summed E-state index contributed by atoms with van der Waals surface area (Å²) < 4.78 is 35.8. The van der Waals surface area contributed by atoms with E-state index in [0.29, 0.717) is 18.0 Å². The summed E-state index contributed by atoms with van der Waals surface area (Å²) in [7, 11) is -0.328. The number of aryl methyl sites for hydroxylation is 1. The lowest BCUT2D eigenvalue weighted by Gasteiger charge is -2.26. The highest BCUT2D eigenvalue weighted by Crippen LogP contribution is 2.37. The Morgan fingerprint density at radius 2 is 1.76 bits per heavy atom. The first-order valence-corrected chi connectivity index (χ1v) is 11.3. The van der Waals surface area contributed by atoms with Crippen molar-refractivity contribution in [2.75, 3.05) is 26.5 Å². The number of likely N-dealkylation sites (tertiary alicyclic amines) is 1. The van der Waals surface area contributed by atoms with Gasteiger partial charge < -0.3 is 14.4 Å². The first-order valence-electron chi connectivity index (χ1n) is 9.66. The highest BCUT2D eigenvalue weighted by Gasteiger charge is 2.31. The van der Waals surface area contributed by atoms with Crippen molar-refractivity contribution in [3.05, 3.63) is 53.6 Å². The van der Waals surface area contributed by atoms with Crippen LogP contribution in [0.25, 0.3) is 0 Å². The molecule has 0 N–H and O–H groups in total. The Kier molecular flexibility index (Phi) is 6.47. The summed E-state index contributed by atoms with van der Waals surface area (Å²) in [5, 5.41) is 0. The van der Waals surface area contributed by atoms with E-state index in [1.807, 2.05) is 25.1 Å². The van der Waals surface area contributed by atoms with Gasteiger partial charge in [0.25, 0.3) is 0 Å². The van der Waals surface area contributed by atoms with Crippen LogP contribution in [0.4, 0.5) is 0 Å². The number of sulfone groups is 1. The summed E-state index contributed by atoms with van der Waals surface area (Å²) >= 11 is 0. The summed E-state index contributed by atoms with van der Waals surface area (Å²) in [6.07, 6.45) is 1.70. The Hall–Kier alpha value is -2.54. The van der Waals surface area contributed by atoms with Crippen molar-refractivity contribution in [3.8, 4) is 11.5 Å². The number of hydrogen-bond acceptors (Lipinski definition) is 5. The molecule has 7 heteroatoms. The predicted octanol–water partition coefficient (Wildman–Crippen LogP) is 3.54. The minimum Gasteiger partial charge on any atom is -0.493 e. The number of hydrogen-bond donors (Lipinski definition) is 0. The lowest BCUT2D eigenvalue weighted by atomic mass is 10.0. The third-order valence-corrected chi connectivity index (χ3v) is 7.06. The van der Waals surface area contributed by atoms with Gasteiger partial charge in [-0.25, -0.2) is 8.42 Å². The zero-order valence-electron chi connectivity index (χ0n) is 17.1. The fraction of sp³-hybridized carbons (Fsp3) is 0.409. The minimum absolute atomic E-state index is 0.0278.